The summed E-state index contributed by atoms with van der Waals surface area (Å²) in [5.41, 5.74) is 12.2. The maximum absolute atomic E-state index is 4.98. The van der Waals surface area contributed by atoms with Gasteiger partial charge in [-0.2, -0.15) is 0 Å². The molecule has 0 fully saturated rings. The van der Waals surface area contributed by atoms with Gasteiger partial charge >= 0.3 is 0 Å². The van der Waals surface area contributed by atoms with Crippen molar-refractivity contribution in [3.8, 4) is 39.6 Å². The van der Waals surface area contributed by atoms with Crippen LogP contribution in [0.3, 0.4) is 0 Å². The highest BCUT2D eigenvalue weighted by Gasteiger charge is 2.37. The number of nitrogens with one attached hydrogen (secondary N) is 1. The lowest BCUT2D eigenvalue weighted by Crippen LogP contribution is -2.28. The van der Waals surface area contributed by atoms with E-state index in [0.29, 0.717) is 17.5 Å². The number of hydrogen-bond acceptors (Lipinski definition) is 6. The van der Waals surface area contributed by atoms with E-state index >= 15 is 0 Å². The van der Waals surface area contributed by atoms with Crippen molar-refractivity contribution in [2.24, 2.45) is 0 Å². The second-order valence-corrected chi connectivity index (χ2v) is 14.3. The summed E-state index contributed by atoms with van der Waals surface area (Å²) in [5, 5.41) is 5.70. The minimum absolute atomic E-state index is 0.179. The van der Waals surface area contributed by atoms with Gasteiger partial charge in [0.05, 0.1) is 17.1 Å². The highest BCUT2D eigenvalue weighted by atomic mass is 15.2. The molecule has 266 valence electrons. The maximum atomic E-state index is 4.98. The molecule has 56 heavy (non-hydrogen) atoms. The Morgan fingerprint density at radius 1 is 0.571 bits per heavy atom. The first-order chi connectivity index (χ1) is 27.8. The van der Waals surface area contributed by atoms with Gasteiger partial charge in [0.2, 0.25) is 0 Å². The summed E-state index contributed by atoms with van der Waals surface area (Å²) in [6, 6.07) is 46.0. The number of nitrogens with zero attached hydrogens (tertiary/aromatic N) is 6. The third kappa shape index (κ3) is 5.35. The van der Waals surface area contributed by atoms with E-state index < -0.39 is 0 Å². The first-order valence-corrected chi connectivity index (χ1v) is 19.0. The Morgan fingerprint density at radius 2 is 1.21 bits per heavy atom. The number of aromatic nitrogens is 5. The lowest BCUT2D eigenvalue weighted by atomic mass is 9.91. The molecule has 3 aromatic heterocycles. The molecule has 8 aromatic rings. The van der Waals surface area contributed by atoms with E-state index in [9.17, 15) is 0 Å². The number of para-hydroxylation sites is 3. The molecular weight excluding hydrogens is 687 g/mol. The average Bonchev–Trinajstić information content (AvgIpc) is 3.80. The number of pyridine rings is 1. The average molecular weight is 722 g/mol. The summed E-state index contributed by atoms with van der Waals surface area (Å²) >= 11 is 0. The molecule has 2 unspecified atom stereocenters. The summed E-state index contributed by atoms with van der Waals surface area (Å²) in [5.74, 6) is 2.17. The highest BCUT2D eigenvalue weighted by Crippen LogP contribution is 2.49. The molecule has 2 aliphatic heterocycles. The number of fused-ring (bicyclic) bond motifs is 6. The van der Waals surface area contributed by atoms with Crippen molar-refractivity contribution in [2.45, 2.75) is 12.0 Å². The zero-order valence-electron chi connectivity index (χ0n) is 30.4. The van der Waals surface area contributed by atoms with Crippen molar-refractivity contribution in [1.82, 2.24) is 29.8 Å². The molecule has 0 saturated carbocycles. The zero-order valence-corrected chi connectivity index (χ0v) is 30.4. The van der Waals surface area contributed by atoms with Crippen LogP contribution in [0.4, 0.5) is 11.4 Å². The Balaban J connectivity index is 1.07. The Bertz CT molecular complexity index is 2880. The van der Waals surface area contributed by atoms with Crippen molar-refractivity contribution in [1.29, 1.82) is 0 Å². The number of dihydropyridines is 1. The van der Waals surface area contributed by atoms with Gasteiger partial charge in [-0.25, -0.2) is 15.0 Å². The van der Waals surface area contributed by atoms with Gasteiger partial charge in [0, 0.05) is 69.4 Å². The Hall–Kier alpha value is -7.38. The lowest BCUT2D eigenvalue weighted by Gasteiger charge is -2.30. The molecule has 0 saturated heterocycles. The smallest absolute Gasteiger partial charge is 0.164 e. The second-order valence-electron chi connectivity index (χ2n) is 14.3. The molecule has 3 aliphatic rings. The molecule has 1 N–H and O–H groups in total. The predicted octanol–water partition coefficient (Wildman–Crippen LogP) is 10.6. The van der Waals surface area contributed by atoms with E-state index in [0.717, 1.165) is 45.7 Å². The fourth-order valence-corrected chi connectivity index (χ4v) is 8.52. The van der Waals surface area contributed by atoms with Crippen LogP contribution < -0.4 is 10.2 Å². The molecule has 5 aromatic carbocycles. The SMILES string of the molecule is C1=CC2c3ccccc3N(c3cc(-c4ccc(-c5nc(C6=CCNC=C6)nc(-c6ccncc6)n5)cc4)cc(-n4c5ccccc5c5ccccc54)c3)C2C=C1. The van der Waals surface area contributed by atoms with Gasteiger partial charge < -0.3 is 14.8 Å². The fraction of sp³-hybridized carbons (Fsp3) is 0.0612. The van der Waals surface area contributed by atoms with Crippen molar-refractivity contribution in [3.63, 3.8) is 0 Å². The summed E-state index contributed by atoms with van der Waals surface area (Å²) in [4.78, 5) is 21.5. The molecule has 11 rings (SSSR count). The Labute approximate surface area is 324 Å². The van der Waals surface area contributed by atoms with E-state index in [4.69, 9.17) is 15.0 Å². The normalized spacial score (nSPS) is 16.9. The van der Waals surface area contributed by atoms with Crippen LogP contribution in [0, 0.1) is 0 Å². The van der Waals surface area contributed by atoms with Crippen molar-refractivity contribution in [3.05, 3.63) is 194 Å². The monoisotopic (exact) mass is 721 g/mol. The second kappa shape index (κ2) is 13.2. The van der Waals surface area contributed by atoms with Gasteiger partial charge in [-0.15, -0.1) is 0 Å². The number of benzene rings is 5. The molecule has 0 radical (unpaired) electrons. The number of allylic oxidation sites excluding steroid dienone is 4. The van der Waals surface area contributed by atoms with Gasteiger partial charge in [-0.3, -0.25) is 4.98 Å². The lowest BCUT2D eigenvalue weighted by molar-refractivity contribution is 0.744. The van der Waals surface area contributed by atoms with Gasteiger partial charge in [-0.05, 0) is 77.5 Å². The quantitative estimate of drug-likeness (QED) is 0.184. The van der Waals surface area contributed by atoms with Gasteiger partial charge in [0.15, 0.2) is 17.5 Å². The molecule has 0 bridgehead atoms. The van der Waals surface area contributed by atoms with Crippen LogP contribution in [0.15, 0.2) is 182 Å². The van der Waals surface area contributed by atoms with E-state index in [2.05, 4.69) is 165 Å². The summed E-state index contributed by atoms with van der Waals surface area (Å²) in [6.07, 6.45) is 18.6. The van der Waals surface area contributed by atoms with Crippen LogP contribution in [-0.4, -0.2) is 37.1 Å². The highest BCUT2D eigenvalue weighted by molar-refractivity contribution is 6.09. The third-order valence-electron chi connectivity index (χ3n) is 11.1. The maximum Gasteiger partial charge on any atom is 0.164 e. The van der Waals surface area contributed by atoms with E-state index in [1.807, 2.05) is 24.4 Å². The fourth-order valence-electron chi connectivity index (χ4n) is 8.52. The van der Waals surface area contributed by atoms with Crippen LogP contribution in [0.2, 0.25) is 0 Å². The topological polar surface area (TPSA) is 71.8 Å². The van der Waals surface area contributed by atoms with Crippen LogP contribution in [0.25, 0.3) is 67.0 Å². The number of rotatable bonds is 6. The van der Waals surface area contributed by atoms with Crippen LogP contribution in [0.1, 0.15) is 17.3 Å². The summed E-state index contributed by atoms with van der Waals surface area (Å²) in [6.45, 7) is 0.721. The third-order valence-corrected chi connectivity index (χ3v) is 11.1. The zero-order chi connectivity index (χ0) is 37.0. The van der Waals surface area contributed by atoms with Crippen LogP contribution in [0.5, 0.6) is 0 Å². The largest absolute Gasteiger partial charge is 0.387 e. The molecule has 2 atom stereocenters. The van der Waals surface area contributed by atoms with Crippen LogP contribution in [-0.2, 0) is 0 Å². The molecule has 5 heterocycles. The molecule has 7 nitrogen and oxygen atoms in total. The molecule has 0 amide bonds. The van der Waals surface area contributed by atoms with Crippen LogP contribution >= 0.6 is 0 Å². The van der Waals surface area contributed by atoms with E-state index in [1.165, 1.54) is 33.1 Å². The van der Waals surface area contributed by atoms with Crippen molar-refractivity contribution >= 4 is 38.8 Å². The van der Waals surface area contributed by atoms with Gasteiger partial charge in [0.25, 0.3) is 0 Å². The number of anilines is 2. The molecule has 0 spiro atoms. The summed E-state index contributed by atoms with van der Waals surface area (Å²) < 4.78 is 2.42. The standard InChI is InChI=1S/C49H35N7/c1-5-13-43-39(9-1)40-10-2-6-14-44(40)55(43)37-29-36(30-38(31-37)56-45-15-7-3-11-41(45)42-12-4-8-16-46(42)56)32-17-19-33(20-18-32)47-52-48(34-21-25-50-26-22-34)54-49(53-47)35-23-27-51-28-24-35/h1-27,29-31,39,43,51H,28H2. The summed E-state index contributed by atoms with van der Waals surface area (Å²) in [7, 11) is 0. The van der Waals surface area contributed by atoms with Crippen molar-refractivity contribution in [2.75, 3.05) is 11.4 Å². The molecule has 1 aliphatic carbocycles. The minimum Gasteiger partial charge on any atom is -0.387 e. The van der Waals surface area contributed by atoms with Gasteiger partial charge in [-0.1, -0.05) is 109 Å². The Morgan fingerprint density at radius 3 is 1.96 bits per heavy atom. The van der Waals surface area contributed by atoms with E-state index in [1.54, 1.807) is 12.4 Å². The molecule has 7 heteroatoms. The van der Waals surface area contributed by atoms with Crippen molar-refractivity contribution < 1.29 is 0 Å². The Kier molecular flexibility index (Phi) is 7.55. The number of hydrogen-bond donors (Lipinski definition) is 1. The first-order valence-electron chi connectivity index (χ1n) is 19.0. The predicted molar refractivity (Wildman–Crippen MR) is 227 cm³/mol. The van der Waals surface area contributed by atoms with Gasteiger partial charge in [0.1, 0.15) is 0 Å². The minimum atomic E-state index is 0.179. The first kappa shape index (κ1) is 32.1. The molecular formula is C49H35N7. The van der Waals surface area contributed by atoms with E-state index in [-0.39, 0.29) is 12.0 Å².